The van der Waals surface area contributed by atoms with Crippen molar-refractivity contribution in [3.8, 4) is 0 Å². The van der Waals surface area contributed by atoms with Crippen LogP contribution in [0.15, 0.2) is 30.3 Å². The van der Waals surface area contributed by atoms with Crippen LogP contribution in [0, 0.1) is 5.21 Å². The highest BCUT2D eigenvalue weighted by molar-refractivity contribution is 5.68. The number of benzene rings is 1. The van der Waals surface area contributed by atoms with E-state index in [2.05, 4.69) is 5.48 Å². The predicted octanol–water partition coefficient (Wildman–Crippen LogP) is 1.07. The minimum Gasteiger partial charge on any atom is -0.621 e. The molecule has 0 aromatic heterocycles. The summed E-state index contributed by atoms with van der Waals surface area (Å²) >= 11 is 0. The first kappa shape index (κ1) is 11.9. The number of hydroxylamine groups is 2. The Bertz CT molecular complexity index is 456. The lowest BCUT2D eigenvalue weighted by molar-refractivity contribution is -0.600. The molecule has 17 heavy (non-hydrogen) atoms. The summed E-state index contributed by atoms with van der Waals surface area (Å²) in [5.74, 6) is 0.176. The van der Waals surface area contributed by atoms with Crippen LogP contribution in [-0.4, -0.2) is 21.3 Å². The Morgan fingerprint density at radius 2 is 1.88 bits per heavy atom. The van der Waals surface area contributed by atoms with Gasteiger partial charge < -0.3 is 15.2 Å². The van der Waals surface area contributed by atoms with Gasteiger partial charge in [0.1, 0.15) is 0 Å². The standard InChI is InChI=1S/C12H16N2O3/c1-9-14(16)11(2,3)12(15,13-17-9)10-7-5-4-6-8-10/h4-8,13,15H,1-3H3. The molecule has 0 spiro atoms. The summed E-state index contributed by atoms with van der Waals surface area (Å²) in [4.78, 5) is 5.03. The van der Waals surface area contributed by atoms with E-state index in [1.54, 1.807) is 45.0 Å². The molecule has 0 aliphatic carbocycles. The van der Waals surface area contributed by atoms with Crippen molar-refractivity contribution in [1.82, 2.24) is 5.48 Å². The molecule has 1 atom stereocenters. The smallest absolute Gasteiger partial charge is 0.364 e. The van der Waals surface area contributed by atoms with Crippen LogP contribution in [0.5, 0.6) is 0 Å². The van der Waals surface area contributed by atoms with Crippen molar-refractivity contribution in [2.24, 2.45) is 0 Å². The number of nitrogens with zero attached hydrogens (tertiary/aromatic N) is 1. The second-order valence-electron chi connectivity index (χ2n) is 4.65. The zero-order chi connectivity index (χ0) is 12.7. The van der Waals surface area contributed by atoms with Crippen LogP contribution in [0.1, 0.15) is 26.3 Å². The van der Waals surface area contributed by atoms with Gasteiger partial charge in [0, 0.05) is 19.4 Å². The van der Waals surface area contributed by atoms with E-state index in [0.29, 0.717) is 10.3 Å². The highest BCUT2D eigenvalue weighted by atomic mass is 16.7. The second-order valence-corrected chi connectivity index (χ2v) is 4.65. The fraction of sp³-hybridized carbons (Fsp3) is 0.417. The van der Waals surface area contributed by atoms with Crippen LogP contribution in [-0.2, 0) is 10.6 Å². The molecule has 1 aliphatic rings. The Labute approximate surface area is 99.9 Å². The molecule has 5 heteroatoms. The van der Waals surface area contributed by atoms with E-state index in [-0.39, 0.29) is 5.90 Å². The molecule has 1 aliphatic heterocycles. The van der Waals surface area contributed by atoms with Crippen molar-refractivity contribution in [2.75, 3.05) is 0 Å². The van der Waals surface area contributed by atoms with Gasteiger partial charge in [-0.25, -0.2) is 0 Å². The third-order valence-electron chi connectivity index (χ3n) is 3.22. The third-order valence-corrected chi connectivity index (χ3v) is 3.22. The molecule has 5 nitrogen and oxygen atoms in total. The van der Waals surface area contributed by atoms with Crippen LogP contribution in [0.4, 0.5) is 0 Å². The molecule has 2 N–H and O–H groups in total. The summed E-state index contributed by atoms with van der Waals surface area (Å²) in [5.41, 5.74) is 0.508. The molecule has 0 saturated carbocycles. The topological polar surface area (TPSA) is 67.6 Å². The maximum Gasteiger partial charge on any atom is 0.364 e. The molecule has 0 radical (unpaired) electrons. The fourth-order valence-electron chi connectivity index (χ4n) is 1.95. The molecular formula is C12H16N2O3. The molecule has 0 bridgehead atoms. The van der Waals surface area contributed by atoms with Gasteiger partial charge in [-0.05, 0) is 0 Å². The Morgan fingerprint density at radius 3 is 2.47 bits per heavy atom. The van der Waals surface area contributed by atoms with Crippen LogP contribution < -0.4 is 5.48 Å². The number of hydrogen-bond donors (Lipinski definition) is 2. The SMILES string of the molecule is CC1=[N+]([O-])C(C)(C)C(O)(c2ccccc2)NO1. The van der Waals surface area contributed by atoms with E-state index in [4.69, 9.17) is 4.84 Å². The highest BCUT2D eigenvalue weighted by Gasteiger charge is 2.56. The van der Waals surface area contributed by atoms with E-state index in [0.717, 1.165) is 0 Å². The Balaban J connectivity index is 2.54. The largest absolute Gasteiger partial charge is 0.621 e. The van der Waals surface area contributed by atoms with Crippen molar-refractivity contribution >= 4 is 5.90 Å². The summed E-state index contributed by atoms with van der Waals surface area (Å²) in [6.07, 6.45) is 0. The van der Waals surface area contributed by atoms with Gasteiger partial charge in [-0.2, -0.15) is 4.74 Å². The molecule has 0 fully saturated rings. The number of nitrogens with one attached hydrogen (secondary N) is 1. The van der Waals surface area contributed by atoms with E-state index >= 15 is 0 Å². The van der Waals surface area contributed by atoms with E-state index in [9.17, 15) is 10.3 Å². The van der Waals surface area contributed by atoms with E-state index < -0.39 is 11.3 Å². The first-order chi connectivity index (χ1) is 7.89. The van der Waals surface area contributed by atoms with Gasteiger partial charge in [0.15, 0.2) is 0 Å². The molecule has 92 valence electrons. The minimum absolute atomic E-state index is 0.176. The van der Waals surface area contributed by atoms with Gasteiger partial charge in [0.2, 0.25) is 11.3 Å². The molecule has 1 unspecified atom stereocenters. The van der Waals surface area contributed by atoms with E-state index in [1.165, 1.54) is 0 Å². The zero-order valence-corrected chi connectivity index (χ0v) is 10.1. The second kappa shape index (κ2) is 3.72. The number of aliphatic hydroxyl groups is 1. The lowest BCUT2D eigenvalue weighted by Gasteiger charge is -2.42. The summed E-state index contributed by atoms with van der Waals surface area (Å²) in [5, 5.41) is 22.7. The molecule has 2 rings (SSSR count). The molecule has 0 amide bonds. The maximum atomic E-state index is 12.0. The van der Waals surface area contributed by atoms with Gasteiger partial charge >= 0.3 is 5.90 Å². The molecular weight excluding hydrogens is 220 g/mol. The quantitative estimate of drug-likeness (QED) is 0.565. The summed E-state index contributed by atoms with van der Waals surface area (Å²) < 4.78 is 0.677. The number of rotatable bonds is 1. The Hall–Kier alpha value is -1.59. The van der Waals surface area contributed by atoms with Gasteiger partial charge in [0.05, 0.1) is 6.92 Å². The van der Waals surface area contributed by atoms with Gasteiger partial charge in [0.25, 0.3) is 0 Å². The number of hydrogen-bond acceptors (Lipinski definition) is 4. The van der Waals surface area contributed by atoms with Crippen molar-refractivity contribution < 1.29 is 14.7 Å². The van der Waals surface area contributed by atoms with Gasteiger partial charge in [-0.1, -0.05) is 30.3 Å². The molecule has 1 aromatic rings. The van der Waals surface area contributed by atoms with Gasteiger partial charge in [-0.15, -0.1) is 5.48 Å². The van der Waals surface area contributed by atoms with Gasteiger partial charge in [-0.3, -0.25) is 0 Å². The average molecular weight is 236 g/mol. The lowest BCUT2D eigenvalue weighted by atomic mass is 9.85. The minimum atomic E-state index is -1.56. The summed E-state index contributed by atoms with van der Waals surface area (Å²) in [6.45, 7) is 4.87. The summed E-state index contributed by atoms with van der Waals surface area (Å²) in [6, 6.07) is 8.92. The Morgan fingerprint density at radius 1 is 1.29 bits per heavy atom. The summed E-state index contributed by atoms with van der Waals surface area (Å²) in [7, 11) is 0. The highest BCUT2D eigenvalue weighted by Crippen LogP contribution is 2.35. The fourth-order valence-corrected chi connectivity index (χ4v) is 1.95. The van der Waals surface area contributed by atoms with Crippen LogP contribution in [0.3, 0.4) is 0 Å². The monoisotopic (exact) mass is 236 g/mol. The van der Waals surface area contributed by atoms with Crippen molar-refractivity contribution in [3.63, 3.8) is 0 Å². The normalized spacial score (nSPS) is 27.8. The van der Waals surface area contributed by atoms with Crippen LogP contribution in [0.2, 0.25) is 0 Å². The van der Waals surface area contributed by atoms with Crippen LogP contribution in [0.25, 0.3) is 0 Å². The average Bonchev–Trinajstić information content (AvgIpc) is 2.33. The van der Waals surface area contributed by atoms with Crippen molar-refractivity contribution in [3.05, 3.63) is 41.1 Å². The molecule has 0 saturated heterocycles. The third kappa shape index (κ3) is 1.59. The first-order valence-electron chi connectivity index (χ1n) is 5.42. The predicted molar refractivity (Wildman–Crippen MR) is 62.9 cm³/mol. The van der Waals surface area contributed by atoms with Crippen LogP contribution >= 0.6 is 0 Å². The Kier molecular flexibility index (Phi) is 2.60. The van der Waals surface area contributed by atoms with E-state index in [1.807, 2.05) is 6.07 Å². The molecule has 1 heterocycles. The maximum absolute atomic E-state index is 12.0. The zero-order valence-electron chi connectivity index (χ0n) is 10.1. The first-order valence-corrected chi connectivity index (χ1v) is 5.42. The lowest BCUT2D eigenvalue weighted by Crippen LogP contribution is -2.66. The van der Waals surface area contributed by atoms with Crippen molar-refractivity contribution in [2.45, 2.75) is 32.0 Å². The van der Waals surface area contributed by atoms with Crippen molar-refractivity contribution in [1.29, 1.82) is 0 Å². The molecule has 1 aromatic carbocycles.